The number of hydrogen-bond acceptors (Lipinski definition) is 6. The van der Waals surface area contributed by atoms with E-state index in [4.69, 9.17) is 24.1 Å². The van der Waals surface area contributed by atoms with Crippen molar-refractivity contribution in [2.24, 2.45) is 5.92 Å². The minimum Gasteiger partial charge on any atom is -0.478 e. The van der Waals surface area contributed by atoms with Gasteiger partial charge in [0.15, 0.2) is 0 Å². The molecular formula is C20H28O7. The molecule has 2 unspecified atom stereocenters. The number of rotatable bonds is 7. The fourth-order valence-electron chi connectivity index (χ4n) is 4.40. The van der Waals surface area contributed by atoms with E-state index in [0.717, 1.165) is 25.0 Å². The molecule has 150 valence electrons. The van der Waals surface area contributed by atoms with Crippen molar-refractivity contribution < 1.29 is 33.6 Å². The molecule has 0 radical (unpaired) electrons. The van der Waals surface area contributed by atoms with Gasteiger partial charge in [-0.25, -0.2) is 9.59 Å². The van der Waals surface area contributed by atoms with E-state index in [9.17, 15) is 9.59 Å². The Morgan fingerprint density at radius 2 is 2.00 bits per heavy atom. The lowest BCUT2D eigenvalue weighted by Gasteiger charge is -2.42. The maximum atomic E-state index is 12.0. The number of carboxylic acids is 1. The minimum atomic E-state index is -1.19. The Bertz CT molecular complexity index is 659. The predicted octanol–water partition coefficient (Wildman–Crippen LogP) is 2.25. The Morgan fingerprint density at radius 3 is 2.56 bits per heavy atom. The van der Waals surface area contributed by atoms with Crippen molar-refractivity contribution in [3.63, 3.8) is 0 Å². The van der Waals surface area contributed by atoms with E-state index in [2.05, 4.69) is 26.8 Å². The first kappa shape index (κ1) is 20.0. The molecule has 3 rings (SSSR count). The topological polar surface area (TPSA) is 97.9 Å². The molecule has 0 aromatic rings. The van der Waals surface area contributed by atoms with Crippen LogP contribution in [0.2, 0.25) is 0 Å². The van der Waals surface area contributed by atoms with Gasteiger partial charge in [-0.05, 0) is 40.0 Å². The number of ether oxygens (including phenoxy) is 4. The number of methoxy groups -OCH3 is 1. The van der Waals surface area contributed by atoms with Crippen LogP contribution in [0.3, 0.4) is 0 Å². The van der Waals surface area contributed by atoms with E-state index in [1.807, 2.05) is 0 Å². The molecule has 0 aromatic heterocycles. The second kappa shape index (κ2) is 7.37. The highest BCUT2D eigenvalue weighted by molar-refractivity contribution is 5.90. The molecule has 1 saturated carbocycles. The van der Waals surface area contributed by atoms with Crippen LogP contribution in [0, 0.1) is 5.92 Å². The van der Waals surface area contributed by atoms with E-state index in [1.54, 1.807) is 7.11 Å². The van der Waals surface area contributed by atoms with Crippen LogP contribution in [0.5, 0.6) is 0 Å². The summed E-state index contributed by atoms with van der Waals surface area (Å²) in [6.07, 6.45) is 5.30. The van der Waals surface area contributed by atoms with Crippen LogP contribution in [-0.4, -0.2) is 60.3 Å². The zero-order valence-electron chi connectivity index (χ0n) is 16.3. The molecule has 2 aliphatic heterocycles. The van der Waals surface area contributed by atoms with Crippen molar-refractivity contribution in [3.8, 4) is 0 Å². The summed E-state index contributed by atoms with van der Waals surface area (Å²) in [6, 6.07) is 0. The van der Waals surface area contributed by atoms with Gasteiger partial charge >= 0.3 is 11.9 Å². The smallest absolute Gasteiger partial charge is 0.331 e. The fraction of sp³-hybridized carbons (Fsp3) is 0.700. The molecule has 3 fully saturated rings. The van der Waals surface area contributed by atoms with Crippen LogP contribution in [0.15, 0.2) is 23.8 Å². The quantitative estimate of drug-likeness (QED) is 0.313. The Morgan fingerprint density at radius 1 is 1.30 bits per heavy atom. The molecule has 7 nitrogen and oxygen atoms in total. The molecule has 1 spiro atoms. The molecule has 2 heterocycles. The van der Waals surface area contributed by atoms with Crippen LogP contribution in [-0.2, 0) is 28.5 Å². The van der Waals surface area contributed by atoms with Gasteiger partial charge in [-0.1, -0.05) is 11.6 Å². The Labute approximate surface area is 159 Å². The van der Waals surface area contributed by atoms with Gasteiger partial charge in [0.25, 0.3) is 0 Å². The van der Waals surface area contributed by atoms with Crippen LogP contribution in [0.4, 0.5) is 0 Å². The van der Waals surface area contributed by atoms with Gasteiger partial charge in [-0.2, -0.15) is 0 Å². The van der Waals surface area contributed by atoms with E-state index >= 15 is 0 Å². The average molecular weight is 380 g/mol. The molecule has 2 saturated heterocycles. The fourth-order valence-corrected chi connectivity index (χ4v) is 4.40. The highest BCUT2D eigenvalue weighted by atomic mass is 16.6. The average Bonchev–Trinajstić information content (AvgIpc) is 3.50. The first-order valence-electron chi connectivity index (χ1n) is 9.31. The van der Waals surface area contributed by atoms with Crippen LogP contribution in [0.1, 0.15) is 40.0 Å². The number of carbonyl (C=O) groups is 2. The largest absolute Gasteiger partial charge is 0.478 e. The van der Waals surface area contributed by atoms with Crippen molar-refractivity contribution in [2.45, 2.75) is 69.5 Å². The SMILES string of the molecule is CO[C@@H]1C(OC(=O)/C=C/C(=O)O)CC[C@]2(CO2)[C@H]1C1(C)O[C@@H]1CC=C(C)C. The Balaban J connectivity index is 1.74. The van der Waals surface area contributed by atoms with Crippen molar-refractivity contribution >= 4 is 11.9 Å². The van der Waals surface area contributed by atoms with Gasteiger partial charge in [0.1, 0.15) is 23.4 Å². The summed E-state index contributed by atoms with van der Waals surface area (Å²) >= 11 is 0. The molecule has 0 aromatic carbocycles. The monoisotopic (exact) mass is 380 g/mol. The summed E-state index contributed by atoms with van der Waals surface area (Å²) in [5, 5.41) is 8.66. The number of hydrogen-bond donors (Lipinski definition) is 1. The van der Waals surface area contributed by atoms with Crippen LogP contribution >= 0.6 is 0 Å². The molecule has 6 atom stereocenters. The standard InChI is InChI=1S/C20H28O7/c1-12(2)5-6-14-19(3,27-14)18-17(24-4)13(9-10-20(18)11-25-20)26-16(23)8-7-15(21)22/h5,7-8,13-14,17-18H,6,9-11H2,1-4H3,(H,21,22)/b8-7+/t13?,14-,17-,18-,19?,20+/m1/s1. The first-order valence-corrected chi connectivity index (χ1v) is 9.31. The molecule has 0 bridgehead atoms. The molecule has 0 amide bonds. The Hall–Kier alpha value is -1.70. The summed E-state index contributed by atoms with van der Waals surface area (Å²) in [5.74, 6) is -1.93. The van der Waals surface area contributed by atoms with Crippen molar-refractivity contribution in [2.75, 3.05) is 13.7 Å². The van der Waals surface area contributed by atoms with Gasteiger partial charge in [-0.15, -0.1) is 0 Å². The van der Waals surface area contributed by atoms with Crippen molar-refractivity contribution in [3.05, 3.63) is 23.8 Å². The van der Waals surface area contributed by atoms with E-state index < -0.39 is 23.6 Å². The zero-order chi connectivity index (χ0) is 19.8. The van der Waals surface area contributed by atoms with Crippen molar-refractivity contribution in [1.82, 2.24) is 0 Å². The minimum absolute atomic E-state index is 0.0550. The molecule has 3 aliphatic rings. The zero-order valence-corrected chi connectivity index (χ0v) is 16.3. The van der Waals surface area contributed by atoms with Crippen molar-refractivity contribution in [1.29, 1.82) is 0 Å². The van der Waals surface area contributed by atoms with Crippen LogP contribution < -0.4 is 0 Å². The second-order valence-corrected chi connectivity index (χ2v) is 8.02. The first-order chi connectivity index (χ1) is 12.7. The lowest BCUT2D eigenvalue weighted by Crippen LogP contribution is -2.55. The number of carboxylic acid groups (broad SMARTS) is 1. The predicted molar refractivity (Wildman–Crippen MR) is 96.2 cm³/mol. The third-order valence-electron chi connectivity index (χ3n) is 5.87. The molecule has 27 heavy (non-hydrogen) atoms. The van der Waals surface area contributed by atoms with E-state index in [0.29, 0.717) is 13.0 Å². The second-order valence-electron chi connectivity index (χ2n) is 8.02. The molecular weight excluding hydrogens is 352 g/mol. The van der Waals surface area contributed by atoms with E-state index in [-0.39, 0.29) is 23.7 Å². The normalized spacial score (nSPS) is 40.0. The number of carbonyl (C=O) groups excluding carboxylic acids is 1. The third-order valence-corrected chi connectivity index (χ3v) is 5.87. The molecule has 7 heteroatoms. The molecule has 1 aliphatic carbocycles. The maximum absolute atomic E-state index is 12.0. The van der Waals surface area contributed by atoms with Gasteiger partial charge in [0.05, 0.1) is 18.6 Å². The van der Waals surface area contributed by atoms with Gasteiger partial charge < -0.3 is 24.1 Å². The summed E-state index contributed by atoms with van der Waals surface area (Å²) < 4.78 is 23.2. The van der Waals surface area contributed by atoms with Gasteiger partial charge in [-0.3, -0.25) is 0 Å². The highest BCUT2D eigenvalue weighted by Crippen LogP contribution is 2.59. The lowest BCUT2D eigenvalue weighted by atomic mass is 9.68. The Kier molecular flexibility index (Phi) is 5.47. The van der Waals surface area contributed by atoms with E-state index in [1.165, 1.54) is 5.57 Å². The van der Waals surface area contributed by atoms with Gasteiger partial charge in [0, 0.05) is 19.3 Å². The maximum Gasteiger partial charge on any atom is 0.331 e. The van der Waals surface area contributed by atoms with Crippen LogP contribution in [0.25, 0.3) is 0 Å². The number of allylic oxidation sites excluding steroid dienone is 1. The third kappa shape index (κ3) is 4.10. The highest BCUT2D eigenvalue weighted by Gasteiger charge is 2.72. The summed E-state index contributed by atoms with van der Waals surface area (Å²) in [7, 11) is 1.60. The van der Waals surface area contributed by atoms with Gasteiger partial charge in [0.2, 0.25) is 0 Å². The summed E-state index contributed by atoms with van der Waals surface area (Å²) in [6.45, 7) is 6.85. The number of aliphatic carboxylic acids is 1. The summed E-state index contributed by atoms with van der Waals surface area (Å²) in [4.78, 5) is 22.6. The summed E-state index contributed by atoms with van der Waals surface area (Å²) in [5.41, 5.74) is 0.564. The molecule has 1 N–H and O–H groups in total. The number of epoxide rings is 2. The lowest BCUT2D eigenvalue weighted by molar-refractivity contribution is -0.166. The number of esters is 1.